The van der Waals surface area contributed by atoms with Gasteiger partial charge in [0.1, 0.15) is 0 Å². The number of rotatable bonds is 5. The molecule has 1 saturated heterocycles. The highest BCUT2D eigenvalue weighted by Crippen LogP contribution is 2.67. The lowest BCUT2D eigenvalue weighted by molar-refractivity contribution is -0.155. The first-order valence-electron chi connectivity index (χ1n) is 13.8. The van der Waals surface area contributed by atoms with Crippen LogP contribution in [0, 0.1) is 40.4 Å². The molecule has 0 amide bonds. The summed E-state index contributed by atoms with van der Waals surface area (Å²) in [5.41, 5.74) is 0.258. The van der Waals surface area contributed by atoms with Crippen molar-refractivity contribution in [2.24, 2.45) is 40.4 Å². The van der Waals surface area contributed by atoms with E-state index in [0.29, 0.717) is 30.3 Å². The van der Waals surface area contributed by atoms with Gasteiger partial charge in [0.15, 0.2) is 5.78 Å². The van der Waals surface area contributed by atoms with Gasteiger partial charge in [-0.05, 0) is 92.8 Å². The molecule has 200 valence electrons. The van der Waals surface area contributed by atoms with Gasteiger partial charge in [0.25, 0.3) is 10.1 Å². The summed E-state index contributed by atoms with van der Waals surface area (Å²) in [6, 6.07) is 0.0959. The van der Waals surface area contributed by atoms with Gasteiger partial charge < -0.3 is 4.74 Å². The van der Waals surface area contributed by atoms with Crippen molar-refractivity contribution < 1.29 is 22.1 Å². The molecule has 0 aromatic carbocycles. The summed E-state index contributed by atoms with van der Waals surface area (Å²) in [7, 11) is -3.53. The first-order chi connectivity index (χ1) is 16.5. The number of hydrogen-bond donors (Lipinski definition) is 0. The highest BCUT2D eigenvalue weighted by molar-refractivity contribution is 7.86. The molecule has 10 atom stereocenters. The van der Waals surface area contributed by atoms with Crippen molar-refractivity contribution in [3.8, 4) is 0 Å². The third-order valence-electron chi connectivity index (χ3n) is 11.2. The van der Waals surface area contributed by atoms with Gasteiger partial charge in [-0.3, -0.25) is 13.9 Å². The average Bonchev–Trinajstić information content (AvgIpc) is 3.14. The van der Waals surface area contributed by atoms with Gasteiger partial charge in [-0.1, -0.05) is 13.8 Å². The van der Waals surface area contributed by atoms with Crippen LogP contribution in [-0.2, 0) is 23.8 Å². The summed E-state index contributed by atoms with van der Waals surface area (Å²) in [6.45, 7) is 9.32. The number of ketones is 1. The minimum atomic E-state index is -3.53. The largest absolute Gasteiger partial charge is 0.376 e. The molecule has 0 spiro atoms. The number of ether oxygens (including phenoxy) is 1. The number of alkyl halides is 1. The minimum Gasteiger partial charge on any atom is -0.376 e. The number of morpholine rings is 1. The van der Waals surface area contributed by atoms with Crippen LogP contribution in [0.2, 0.25) is 0 Å². The fourth-order valence-electron chi connectivity index (χ4n) is 9.72. The van der Waals surface area contributed by atoms with E-state index < -0.39 is 10.1 Å². The SMILES string of the molecule is C[C@@H]1CN([C@H]2C[C@@]3(C)[C@@H](CC[C@@H]4[C@@H]3CC[C@]3(C)[C@@H](C(=O)CCl)CC[C@@H]43)C[C@@H]2OS(C)(=O)=O)CCO1. The van der Waals surface area contributed by atoms with E-state index in [1.807, 2.05) is 0 Å². The van der Waals surface area contributed by atoms with E-state index in [-0.39, 0.29) is 46.7 Å². The Labute approximate surface area is 216 Å². The number of fused-ring (bicyclic) bond motifs is 5. The number of nitrogens with zero attached hydrogens (tertiary/aromatic N) is 1. The summed E-state index contributed by atoms with van der Waals surface area (Å²) in [5.74, 6) is 2.87. The molecule has 6 nitrogen and oxygen atoms in total. The molecule has 0 unspecified atom stereocenters. The molecule has 4 saturated carbocycles. The van der Waals surface area contributed by atoms with E-state index in [2.05, 4.69) is 25.7 Å². The molecule has 0 aromatic rings. The van der Waals surface area contributed by atoms with E-state index in [0.717, 1.165) is 51.6 Å². The van der Waals surface area contributed by atoms with Crippen molar-refractivity contribution in [1.82, 2.24) is 4.90 Å². The quantitative estimate of drug-likeness (QED) is 0.386. The molecule has 1 aliphatic heterocycles. The lowest BCUT2D eigenvalue weighted by Crippen LogP contribution is -2.62. The molecular weight excluding hydrogens is 486 g/mol. The molecule has 0 radical (unpaired) electrons. The molecule has 5 aliphatic rings. The van der Waals surface area contributed by atoms with E-state index in [1.165, 1.54) is 19.1 Å². The fraction of sp³-hybridized carbons (Fsp3) is 0.963. The van der Waals surface area contributed by atoms with Crippen molar-refractivity contribution in [3.63, 3.8) is 0 Å². The van der Waals surface area contributed by atoms with E-state index in [4.69, 9.17) is 20.5 Å². The predicted octanol–water partition coefficient (Wildman–Crippen LogP) is 4.50. The van der Waals surface area contributed by atoms with E-state index in [1.54, 1.807) is 0 Å². The van der Waals surface area contributed by atoms with Crippen LogP contribution in [0.4, 0.5) is 0 Å². The van der Waals surface area contributed by atoms with Crippen LogP contribution in [0.5, 0.6) is 0 Å². The van der Waals surface area contributed by atoms with Gasteiger partial charge in [-0.2, -0.15) is 8.42 Å². The second-order valence-corrected chi connectivity index (χ2v) is 14.8. The number of carbonyl (C=O) groups excluding carboxylic acids is 1. The lowest BCUT2D eigenvalue weighted by atomic mass is 9.44. The molecule has 0 aromatic heterocycles. The fourth-order valence-corrected chi connectivity index (χ4v) is 10.6. The highest BCUT2D eigenvalue weighted by atomic mass is 35.5. The maximum Gasteiger partial charge on any atom is 0.264 e. The molecule has 35 heavy (non-hydrogen) atoms. The second-order valence-electron chi connectivity index (χ2n) is 13.0. The Bertz CT molecular complexity index is 929. The molecule has 4 aliphatic carbocycles. The number of Topliss-reactive ketones (excluding diaryl/α,β-unsaturated/α-hetero) is 1. The molecule has 8 heteroatoms. The zero-order valence-corrected chi connectivity index (χ0v) is 23.5. The highest BCUT2D eigenvalue weighted by Gasteiger charge is 2.62. The number of hydrogen-bond acceptors (Lipinski definition) is 6. The topological polar surface area (TPSA) is 72.9 Å². The third-order valence-corrected chi connectivity index (χ3v) is 12.1. The Kier molecular flexibility index (Phi) is 7.18. The predicted molar refractivity (Wildman–Crippen MR) is 137 cm³/mol. The Hall–Kier alpha value is -0.210. The normalized spacial score (nSPS) is 48.6. The van der Waals surface area contributed by atoms with Crippen LogP contribution in [0.15, 0.2) is 0 Å². The van der Waals surface area contributed by atoms with Crippen LogP contribution in [-0.4, -0.2) is 69.2 Å². The van der Waals surface area contributed by atoms with Crippen LogP contribution >= 0.6 is 11.6 Å². The molecule has 0 bridgehead atoms. The van der Waals surface area contributed by atoms with Gasteiger partial charge in [-0.15, -0.1) is 11.6 Å². The lowest BCUT2D eigenvalue weighted by Gasteiger charge is -2.63. The van der Waals surface area contributed by atoms with Crippen molar-refractivity contribution in [1.29, 1.82) is 0 Å². The van der Waals surface area contributed by atoms with Crippen molar-refractivity contribution in [3.05, 3.63) is 0 Å². The van der Waals surface area contributed by atoms with E-state index in [9.17, 15) is 13.2 Å². The van der Waals surface area contributed by atoms with Crippen molar-refractivity contribution >= 4 is 27.5 Å². The maximum absolute atomic E-state index is 12.7. The van der Waals surface area contributed by atoms with Gasteiger partial charge in [0.05, 0.1) is 31.0 Å². The minimum absolute atomic E-state index is 0.0893. The van der Waals surface area contributed by atoms with Crippen molar-refractivity contribution in [2.45, 2.75) is 90.4 Å². The summed E-state index contributed by atoms with van der Waals surface area (Å²) in [6.07, 6.45) is 9.61. The summed E-state index contributed by atoms with van der Waals surface area (Å²) < 4.78 is 36.1. The molecule has 0 N–H and O–H groups in total. The van der Waals surface area contributed by atoms with Crippen LogP contribution in [0.1, 0.15) is 72.1 Å². The van der Waals surface area contributed by atoms with Crippen molar-refractivity contribution in [2.75, 3.05) is 31.8 Å². The summed E-state index contributed by atoms with van der Waals surface area (Å²) >= 11 is 6.02. The smallest absolute Gasteiger partial charge is 0.264 e. The van der Waals surface area contributed by atoms with Gasteiger partial charge in [0, 0.05) is 25.0 Å². The van der Waals surface area contributed by atoms with Gasteiger partial charge in [-0.25, -0.2) is 0 Å². The molecule has 1 heterocycles. The summed E-state index contributed by atoms with van der Waals surface area (Å²) in [4.78, 5) is 15.2. The zero-order chi connectivity index (χ0) is 25.2. The monoisotopic (exact) mass is 529 g/mol. The van der Waals surface area contributed by atoms with Gasteiger partial charge >= 0.3 is 0 Å². The van der Waals surface area contributed by atoms with Crippen LogP contribution < -0.4 is 0 Å². The standard InChI is InChI=1S/C27H44ClNO5S/c1-17-16-29(11-12-33-17)23-14-27(3)18(13-25(23)34-35(4,31)32)5-6-19-20-7-8-22(24(30)15-28)26(20,2)10-9-21(19)27/h17-23,25H,5-16H2,1-4H3/t17-,18+,19+,20+,21+,22-,23+,25+,26+,27+/m1/s1. The van der Waals surface area contributed by atoms with E-state index >= 15 is 0 Å². The Balaban J connectivity index is 1.42. The number of carbonyl (C=O) groups is 1. The van der Waals surface area contributed by atoms with Gasteiger partial charge in [0.2, 0.25) is 0 Å². The molecular formula is C27H44ClNO5S. The van der Waals surface area contributed by atoms with Crippen LogP contribution in [0.3, 0.4) is 0 Å². The average molecular weight is 530 g/mol. The van der Waals surface area contributed by atoms with Crippen LogP contribution in [0.25, 0.3) is 0 Å². The Morgan fingerprint density at radius 3 is 2.54 bits per heavy atom. The zero-order valence-electron chi connectivity index (χ0n) is 21.9. The molecule has 5 rings (SSSR count). The number of halogens is 1. The molecule has 5 fully saturated rings. The second kappa shape index (κ2) is 9.52. The first-order valence-corrected chi connectivity index (χ1v) is 16.1. The third kappa shape index (κ3) is 4.64. The Morgan fingerprint density at radius 2 is 1.86 bits per heavy atom. The maximum atomic E-state index is 12.7. The first kappa shape index (κ1) is 26.4. The summed E-state index contributed by atoms with van der Waals surface area (Å²) in [5, 5.41) is 0. The Morgan fingerprint density at radius 1 is 1.11 bits per heavy atom.